The first-order chi connectivity index (χ1) is 17.3. The third-order valence-corrected chi connectivity index (χ3v) is 8.45. The van der Waals surface area contributed by atoms with E-state index in [1.165, 1.54) is 17.7 Å². The van der Waals surface area contributed by atoms with Gasteiger partial charge in [0, 0.05) is 32.6 Å². The molecular weight excluding hydrogens is 470 g/mol. The van der Waals surface area contributed by atoms with Gasteiger partial charge >= 0.3 is 6.18 Å². The second-order valence-corrected chi connectivity index (χ2v) is 10.7. The maximum absolute atomic E-state index is 13.8. The number of ether oxygens (including phenoxy) is 1. The highest BCUT2D eigenvalue weighted by Crippen LogP contribution is 2.47. The number of benzene rings is 2. The number of fused-ring (bicyclic) bond motifs is 1. The molecule has 1 saturated heterocycles. The second kappa shape index (κ2) is 9.05. The Morgan fingerprint density at radius 3 is 2.53 bits per heavy atom. The van der Waals surface area contributed by atoms with Crippen molar-refractivity contribution in [3.05, 3.63) is 71.0 Å². The van der Waals surface area contributed by atoms with Crippen molar-refractivity contribution in [1.29, 1.82) is 0 Å². The molecule has 0 N–H and O–H groups in total. The molecule has 1 unspecified atom stereocenters. The third kappa shape index (κ3) is 4.38. The Morgan fingerprint density at radius 1 is 1.03 bits per heavy atom. The molecule has 0 aromatic heterocycles. The van der Waals surface area contributed by atoms with Crippen LogP contribution in [0.1, 0.15) is 54.8 Å². The first kappa shape index (κ1) is 23.8. The molecule has 1 aliphatic carbocycles. The summed E-state index contributed by atoms with van der Waals surface area (Å²) in [6, 6.07) is 15.3. The van der Waals surface area contributed by atoms with Gasteiger partial charge in [-0.3, -0.25) is 4.90 Å². The molecule has 0 bridgehead atoms. The van der Waals surface area contributed by atoms with E-state index in [9.17, 15) is 17.6 Å². The Bertz CT molecular complexity index is 1130. The van der Waals surface area contributed by atoms with Gasteiger partial charge in [-0.2, -0.15) is 13.2 Å². The van der Waals surface area contributed by atoms with Crippen LogP contribution in [0.4, 0.5) is 17.6 Å². The van der Waals surface area contributed by atoms with Crippen LogP contribution in [-0.2, 0) is 11.2 Å². The van der Waals surface area contributed by atoms with Crippen LogP contribution in [0.3, 0.4) is 0 Å². The molecule has 8 heteroatoms. The maximum Gasteiger partial charge on any atom is 0.390 e. The topological polar surface area (TPSA) is 28.1 Å². The normalized spacial score (nSPS) is 28.7. The lowest BCUT2D eigenvalue weighted by Gasteiger charge is -2.40. The van der Waals surface area contributed by atoms with E-state index in [0.717, 1.165) is 36.8 Å². The highest BCUT2D eigenvalue weighted by atomic mass is 19.4. The van der Waals surface area contributed by atoms with Crippen LogP contribution in [0.25, 0.3) is 0 Å². The number of hydrogen-bond acceptors (Lipinski definition) is 4. The Morgan fingerprint density at radius 2 is 1.81 bits per heavy atom. The minimum atomic E-state index is -4.16. The van der Waals surface area contributed by atoms with E-state index >= 15 is 0 Å². The van der Waals surface area contributed by atoms with Gasteiger partial charge in [-0.1, -0.05) is 42.8 Å². The fourth-order valence-corrected chi connectivity index (χ4v) is 6.39. The zero-order valence-corrected chi connectivity index (χ0v) is 20.2. The van der Waals surface area contributed by atoms with E-state index in [2.05, 4.69) is 17.0 Å². The van der Waals surface area contributed by atoms with Gasteiger partial charge in [-0.15, -0.1) is 0 Å². The summed E-state index contributed by atoms with van der Waals surface area (Å²) in [6.45, 7) is 1.77. The van der Waals surface area contributed by atoms with E-state index in [0.29, 0.717) is 38.0 Å². The first-order valence-electron chi connectivity index (χ1n) is 13.0. The van der Waals surface area contributed by atoms with Gasteiger partial charge in [-0.25, -0.2) is 9.38 Å². The Kier molecular flexibility index (Phi) is 5.97. The lowest BCUT2D eigenvalue weighted by Crippen LogP contribution is -2.49. The molecule has 2 aromatic rings. The van der Waals surface area contributed by atoms with Crippen molar-refractivity contribution in [2.45, 2.75) is 62.4 Å². The first-order valence-corrected chi connectivity index (χ1v) is 13.0. The van der Waals surface area contributed by atoms with Crippen molar-refractivity contribution in [2.75, 3.05) is 26.2 Å². The summed E-state index contributed by atoms with van der Waals surface area (Å²) in [5, 5.41) is 0. The number of hydrogen-bond donors (Lipinski definition) is 0. The molecule has 3 atom stereocenters. The monoisotopic (exact) mass is 501 g/mol. The number of likely N-dealkylation sites (tertiary alicyclic amines) is 1. The average molecular weight is 502 g/mol. The maximum atomic E-state index is 13.8. The molecular formula is C28H31F4N3O. The summed E-state index contributed by atoms with van der Waals surface area (Å²) in [6.07, 6.45) is -0.112. The van der Waals surface area contributed by atoms with E-state index in [4.69, 9.17) is 9.73 Å². The van der Waals surface area contributed by atoms with Crippen molar-refractivity contribution in [1.82, 2.24) is 9.80 Å². The standard InChI is InChI=1S/C28H31F4N3O/c29-22-10-8-20(9-11-22)24-23-7-2-1-4-19(23)12-15-35(24)26-33-25(21-5-3-6-21)27(36-26)13-16-34(18-27)17-14-28(30,31)32/h1-2,4,7-11,21,24-25H,3,5-6,12-18H2/t24-,25?,27-/m0/s1. The predicted octanol–water partition coefficient (Wildman–Crippen LogP) is 5.73. The second-order valence-electron chi connectivity index (χ2n) is 10.7. The van der Waals surface area contributed by atoms with Crippen LogP contribution in [0, 0.1) is 11.7 Å². The van der Waals surface area contributed by atoms with Gasteiger partial charge in [0.25, 0.3) is 6.02 Å². The van der Waals surface area contributed by atoms with Crippen molar-refractivity contribution in [3.63, 3.8) is 0 Å². The minimum absolute atomic E-state index is 0.00335. The highest BCUT2D eigenvalue weighted by Gasteiger charge is 2.56. The van der Waals surface area contributed by atoms with Crippen molar-refractivity contribution >= 4 is 6.02 Å². The fraction of sp³-hybridized carbons (Fsp3) is 0.536. The van der Waals surface area contributed by atoms with Crippen LogP contribution in [0.5, 0.6) is 0 Å². The van der Waals surface area contributed by atoms with Gasteiger partial charge in [-0.05, 0) is 54.0 Å². The van der Waals surface area contributed by atoms with Gasteiger partial charge in [0.05, 0.1) is 18.5 Å². The van der Waals surface area contributed by atoms with Crippen LogP contribution < -0.4 is 0 Å². The number of alkyl halides is 3. The number of nitrogens with zero attached hydrogens (tertiary/aromatic N) is 3. The van der Waals surface area contributed by atoms with Gasteiger partial charge in [0.15, 0.2) is 0 Å². The van der Waals surface area contributed by atoms with Gasteiger partial charge in [0.2, 0.25) is 0 Å². The quantitative estimate of drug-likeness (QED) is 0.502. The largest absolute Gasteiger partial charge is 0.455 e. The van der Waals surface area contributed by atoms with Gasteiger partial charge < -0.3 is 9.64 Å². The number of halogens is 4. The molecule has 4 aliphatic rings. The summed E-state index contributed by atoms with van der Waals surface area (Å²) >= 11 is 0. The summed E-state index contributed by atoms with van der Waals surface area (Å²) in [7, 11) is 0. The predicted molar refractivity (Wildman–Crippen MR) is 129 cm³/mol. The van der Waals surface area contributed by atoms with Crippen molar-refractivity contribution in [2.24, 2.45) is 10.9 Å². The van der Waals surface area contributed by atoms with E-state index in [-0.39, 0.29) is 24.4 Å². The SMILES string of the molecule is Fc1ccc([C@H]2c3ccccc3CCN2C2=NC(C3CCC3)[C@@]3(CCN(CCC(F)(F)F)C3)O2)cc1. The van der Waals surface area contributed by atoms with Gasteiger partial charge in [0.1, 0.15) is 11.4 Å². The van der Waals surface area contributed by atoms with E-state index in [1.54, 1.807) is 0 Å². The average Bonchev–Trinajstić information content (AvgIpc) is 3.40. The van der Waals surface area contributed by atoms with E-state index < -0.39 is 18.2 Å². The molecule has 3 heterocycles. The summed E-state index contributed by atoms with van der Waals surface area (Å²) in [5.74, 6) is 0.129. The van der Waals surface area contributed by atoms with Crippen LogP contribution in [0.15, 0.2) is 53.5 Å². The van der Waals surface area contributed by atoms with Crippen LogP contribution >= 0.6 is 0 Å². The highest BCUT2D eigenvalue weighted by molar-refractivity contribution is 5.78. The molecule has 1 spiro atoms. The lowest BCUT2D eigenvalue weighted by atomic mass is 9.73. The number of rotatable bonds is 4. The molecule has 36 heavy (non-hydrogen) atoms. The molecule has 3 aliphatic heterocycles. The molecule has 1 saturated carbocycles. The molecule has 6 rings (SSSR count). The minimum Gasteiger partial charge on any atom is -0.455 e. The van der Waals surface area contributed by atoms with Crippen LogP contribution in [-0.4, -0.2) is 59.8 Å². The Labute approximate surface area is 208 Å². The summed E-state index contributed by atoms with van der Waals surface area (Å²) in [5.41, 5.74) is 2.80. The van der Waals surface area contributed by atoms with E-state index in [1.807, 2.05) is 29.2 Å². The number of amidine groups is 1. The fourth-order valence-electron chi connectivity index (χ4n) is 6.39. The molecule has 4 nitrogen and oxygen atoms in total. The summed E-state index contributed by atoms with van der Waals surface area (Å²) in [4.78, 5) is 9.25. The third-order valence-electron chi connectivity index (χ3n) is 8.45. The van der Waals surface area contributed by atoms with Crippen LogP contribution in [0.2, 0.25) is 0 Å². The zero-order chi connectivity index (χ0) is 24.9. The smallest absolute Gasteiger partial charge is 0.390 e. The number of aliphatic imine (C=N–C) groups is 1. The molecule has 0 radical (unpaired) electrons. The Hall–Kier alpha value is -2.61. The summed E-state index contributed by atoms with van der Waals surface area (Å²) < 4.78 is 59.2. The lowest BCUT2D eigenvalue weighted by molar-refractivity contribution is -0.137. The van der Waals surface area contributed by atoms with Crippen molar-refractivity contribution in [3.8, 4) is 0 Å². The molecule has 0 amide bonds. The van der Waals surface area contributed by atoms with Crippen molar-refractivity contribution < 1.29 is 22.3 Å². The zero-order valence-electron chi connectivity index (χ0n) is 20.2. The molecule has 2 aromatic carbocycles. The molecule has 2 fully saturated rings. The molecule has 192 valence electrons. The Balaban J connectivity index is 1.31.